The van der Waals surface area contributed by atoms with Gasteiger partial charge in [-0.3, -0.25) is 13.2 Å². The third-order valence-corrected chi connectivity index (χ3v) is 3.60. The second-order valence-corrected chi connectivity index (χ2v) is 5.49. The number of hydrogen-bond donors (Lipinski definition) is 0. The molecule has 0 heterocycles. The Morgan fingerprint density at radius 3 is 1.06 bits per heavy atom. The zero-order valence-corrected chi connectivity index (χ0v) is 12.1. The summed E-state index contributed by atoms with van der Waals surface area (Å²) in [7, 11) is -17.9. The Labute approximate surface area is 123 Å². The van der Waals surface area contributed by atoms with Crippen LogP contribution in [0.5, 0.6) is 0 Å². The summed E-state index contributed by atoms with van der Waals surface area (Å²) in [5, 5.41) is 0. The van der Waals surface area contributed by atoms with Crippen LogP contribution in [-0.4, -0.2) is 0 Å². The summed E-state index contributed by atoms with van der Waals surface area (Å²) in [4.78, 5) is 48.6. The van der Waals surface area contributed by atoms with Gasteiger partial charge in [0.15, 0.2) is 0 Å². The van der Waals surface area contributed by atoms with Gasteiger partial charge in [0.2, 0.25) is 0 Å². The Hall–Kier alpha value is 2.05. The molecule has 16 heteroatoms. The summed E-state index contributed by atoms with van der Waals surface area (Å²) in [5.41, 5.74) is 0. The van der Waals surface area contributed by atoms with Crippen molar-refractivity contribution < 1.29 is 99.8 Å². The van der Waals surface area contributed by atoms with Crippen molar-refractivity contribution in [2.24, 2.45) is 0 Å². The van der Waals surface area contributed by atoms with Gasteiger partial charge in [0.25, 0.3) is 7.82 Å². The Kier molecular flexibility index (Phi) is 15.0. The summed E-state index contributed by atoms with van der Waals surface area (Å²) in [6.07, 6.45) is 0. The summed E-state index contributed by atoms with van der Waals surface area (Å²) >= 11 is 0. The number of rotatable bonds is 4. The monoisotopic (exact) mass is 371 g/mol. The van der Waals surface area contributed by atoms with Gasteiger partial charge in [-0.1, -0.05) is 0 Å². The van der Waals surface area contributed by atoms with Gasteiger partial charge < -0.3 is 33.6 Å². The standard InChI is InChI=1S/Fe.Li.Mn.H5O10P3/c;;;1-11(2,3)9-13(7,8)10-12(4,5)6/h;;;(H,7,8)(H2,1,2,3)(H2,4,5,6)/q+2;+1;+2;/p-5. The van der Waals surface area contributed by atoms with Gasteiger partial charge in [-0.15, -0.1) is 0 Å². The normalized spacial score (nSPS) is 11.8. The molecule has 0 spiro atoms. The Morgan fingerprint density at radius 1 is 0.750 bits per heavy atom. The molecule has 0 atom stereocenters. The third-order valence-electron chi connectivity index (χ3n) is 0.400. The molecule has 0 saturated carbocycles. The van der Waals surface area contributed by atoms with Crippen LogP contribution in [0, 0.1) is 0 Å². The quantitative estimate of drug-likeness (QED) is 0.340. The van der Waals surface area contributed by atoms with E-state index in [0.717, 1.165) is 0 Å². The van der Waals surface area contributed by atoms with Crippen molar-refractivity contribution in [1.82, 2.24) is 0 Å². The van der Waals surface area contributed by atoms with Gasteiger partial charge >= 0.3 is 53.0 Å². The molecule has 0 N–H and O–H groups in total. The molecular formula is FeLiMnO10P3. The van der Waals surface area contributed by atoms with Crippen molar-refractivity contribution in [1.29, 1.82) is 0 Å². The average molecular weight is 371 g/mol. The van der Waals surface area contributed by atoms with Gasteiger partial charge in [0.05, 0.1) is 15.6 Å². The SMILES string of the molecule is O=P([O-])([O-])OP(=O)([O-])OP(=O)([O-])[O-].[Fe+2].[Li+].[Mn+2]. The molecule has 0 aliphatic carbocycles. The molecule has 0 rings (SSSR count). The minimum Gasteiger partial charge on any atom is -0.790 e. The van der Waals surface area contributed by atoms with E-state index in [2.05, 4.69) is 8.62 Å². The predicted octanol–water partition coefficient (Wildman–Crippen LogP) is -6.86. The molecule has 0 aromatic heterocycles. The molecule has 0 aliphatic heterocycles. The van der Waals surface area contributed by atoms with E-state index in [1.165, 1.54) is 0 Å². The van der Waals surface area contributed by atoms with Gasteiger partial charge in [-0.05, 0) is 0 Å². The molecule has 1 radical (unpaired) electrons. The second-order valence-electron chi connectivity index (χ2n) is 1.50. The van der Waals surface area contributed by atoms with Crippen LogP contribution in [-0.2, 0) is 56.5 Å². The molecule has 0 aromatic rings. The van der Waals surface area contributed by atoms with Gasteiger partial charge in [0.1, 0.15) is 0 Å². The van der Waals surface area contributed by atoms with Gasteiger partial charge in [-0.2, -0.15) is 0 Å². The van der Waals surface area contributed by atoms with E-state index in [9.17, 15) is 38.2 Å². The molecule has 91 valence electrons. The molecular weight excluding hydrogens is 371 g/mol. The van der Waals surface area contributed by atoms with Crippen LogP contribution < -0.4 is 43.3 Å². The van der Waals surface area contributed by atoms with Crippen molar-refractivity contribution in [2.75, 3.05) is 0 Å². The molecule has 0 bridgehead atoms. The maximum absolute atomic E-state index is 10.1. The van der Waals surface area contributed by atoms with Crippen LogP contribution in [0.1, 0.15) is 0 Å². The number of phosphoric acid groups is 3. The summed E-state index contributed by atoms with van der Waals surface area (Å²) in [6, 6.07) is 0. The molecule has 0 aliphatic rings. The molecule has 0 fully saturated rings. The van der Waals surface area contributed by atoms with Crippen LogP contribution in [0.25, 0.3) is 0 Å². The number of hydrogen-bond acceptors (Lipinski definition) is 10. The Balaban J connectivity index is -0.000000240. The van der Waals surface area contributed by atoms with Crippen LogP contribution in [0.15, 0.2) is 0 Å². The van der Waals surface area contributed by atoms with E-state index in [-0.39, 0.29) is 53.0 Å². The van der Waals surface area contributed by atoms with Crippen LogP contribution in [0.4, 0.5) is 0 Å². The van der Waals surface area contributed by atoms with Crippen molar-refractivity contribution in [2.45, 2.75) is 0 Å². The van der Waals surface area contributed by atoms with Crippen molar-refractivity contribution in [3.05, 3.63) is 0 Å². The molecule has 0 aromatic carbocycles. The van der Waals surface area contributed by atoms with E-state index < -0.39 is 23.5 Å². The third kappa shape index (κ3) is 18.4. The van der Waals surface area contributed by atoms with Crippen molar-refractivity contribution >= 4 is 23.5 Å². The van der Waals surface area contributed by atoms with Gasteiger partial charge in [0, 0.05) is 0 Å². The fraction of sp³-hybridized carbons (Fsp3) is 0. The zero-order valence-electron chi connectivity index (χ0n) is 7.16. The summed E-state index contributed by atoms with van der Waals surface area (Å²) in [5.74, 6) is 0. The average Bonchev–Trinajstić information content (AvgIpc) is 1.43. The molecule has 0 saturated heterocycles. The van der Waals surface area contributed by atoms with Gasteiger partial charge in [-0.25, -0.2) is 0 Å². The summed E-state index contributed by atoms with van der Waals surface area (Å²) < 4.78 is 34.7. The van der Waals surface area contributed by atoms with E-state index in [0.29, 0.717) is 0 Å². The first kappa shape index (κ1) is 26.6. The largest absolute Gasteiger partial charge is 2.00 e. The van der Waals surface area contributed by atoms with E-state index in [4.69, 9.17) is 0 Å². The van der Waals surface area contributed by atoms with Crippen molar-refractivity contribution in [3.8, 4) is 0 Å². The van der Waals surface area contributed by atoms with E-state index >= 15 is 0 Å². The Morgan fingerprint density at radius 2 is 0.938 bits per heavy atom. The van der Waals surface area contributed by atoms with E-state index in [1.807, 2.05) is 0 Å². The maximum atomic E-state index is 10.1. The fourth-order valence-electron chi connectivity index (χ4n) is 0.260. The first-order chi connectivity index (χ1) is 5.41. The topological polar surface area (TPSA) is 185 Å². The second kappa shape index (κ2) is 9.03. The van der Waals surface area contributed by atoms with E-state index in [1.54, 1.807) is 0 Å². The molecule has 10 nitrogen and oxygen atoms in total. The van der Waals surface area contributed by atoms with Crippen LogP contribution in [0.3, 0.4) is 0 Å². The fourth-order valence-corrected chi connectivity index (χ4v) is 2.61. The minimum atomic E-state index is -5.97. The smallest absolute Gasteiger partial charge is 0.790 e. The predicted molar refractivity (Wildman–Crippen MR) is 25.0 cm³/mol. The summed E-state index contributed by atoms with van der Waals surface area (Å²) in [6.45, 7) is 0. The first-order valence-electron chi connectivity index (χ1n) is 2.19. The molecule has 0 amide bonds. The van der Waals surface area contributed by atoms with Crippen LogP contribution in [0.2, 0.25) is 0 Å². The minimum absolute atomic E-state index is 0. The molecule has 0 unspecified atom stereocenters. The maximum Gasteiger partial charge on any atom is 2.00 e. The van der Waals surface area contributed by atoms with Crippen molar-refractivity contribution in [3.63, 3.8) is 0 Å². The zero-order chi connectivity index (χ0) is 10.9. The first-order valence-corrected chi connectivity index (χ1v) is 6.57. The Bertz CT molecular complexity index is 288. The molecule has 16 heavy (non-hydrogen) atoms. The van der Waals surface area contributed by atoms with Crippen LogP contribution >= 0.6 is 23.5 Å².